The van der Waals surface area contributed by atoms with Crippen LogP contribution in [0.5, 0.6) is 0 Å². The molecule has 0 aliphatic rings. The first-order valence-electron chi connectivity index (χ1n) is 3.87. The Morgan fingerprint density at radius 2 is 2.27 bits per heavy atom. The lowest BCUT2D eigenvalue weighted by atomic mass is 10.7. The van der Waals surface area contributed by atoms with Crippen LogP contribution >= 0.6 is 46.6 Å². The fourth-order valence-electron chi connectivity index (χ4n) is 0.674. The summed E-state index contributed by atoms with van der Waals surface area (Å²) in [4.78, 5) is 15.1. The number of halogens is 3. The lowest BCUT2D eigenvalue weighted by Gasteiger charge is -2.08. The number of alkyl halides is 3. The van der Waals surface area contributed by atoms with E-state index < -0.39 is 9.70 Å². The maximum absolute atomic E-state index is 11.2. The fourth-order valence-corrected chi connectivity index (χ4v) is 1.34. The monoisotopic (exact) mass is 288 g/mol. The molecule has 1 aromatic rings. The van der Waals surface area contributed by atoms with Crippen molar-refractivity contribution < 1.29 is 4.79 Å². The van der Waals surface area contributed by atoms with Gasteiger partial charge in [-0.05, 0) is 5.75 Å². The zero-order valence-corrected chi connectivity index (χ0v) is 10.6. The molecule has 0 spiro atoms. The van der Waals surface area contributed by atoms with E-state index in [4.69, 9.17) is 34.8 Å². The summed E-state index contributed by atoms with van der Waals surface area (Å²) in [6.07, 6.45) is 0. The van der Waals surface area contributed by atoms with Crippen LogP contribution in [0.1, 0.15) is 6.92 Å². The average Bonchev–Trinajstić information content (AvgIpc) is 2.51. The molecule has 0 unspecified atom stereocenters. The highest BCUT2D eigenvalue weighted by molar-refractivity contribution is 7.99. The maximum atomic E-state index is 11.2. The van der Waals surface area contributed by atoms with Crippen LogP contribution in [0.15, 0.2) is 5.16 Å². The second-order valence-electron chi connectivity index (χ2n) is 2.35. The van der Waals surface area contributed by atoms with Gasteiger partial charge in [-0.25, -0.2) is 5.10 Å². The van der Waals surface area contributed by atoms with E-state index in [0.29, 0.717) is 5.16 Å². The number of thioether (sulfide) groups is 1. The van der Waals surface area contributed by atoms with Crippen LogP contribution in [-0.2, 0) is 4.79 Å². The van der Waals surface area contributed by atoms with Crippen LogP contribution in [0.4, 0.5) is 5.95 Å². The van der Waals surface area contributed by atoms with Gasteiger partial charge in [0.2, 0.25) is 11.1 Å². The average molecular weight is 290 g/mol. The van der Waals surface area contributed by atoms with Crippen molar-refractivity contribution in [1.29, 1.82) is 0 Å². The minimum absolute atomic E-state index is 0.155. The molecule has 5 nitrogen and oxygen atoms in total. The van der Waals surface area contributed by atoms with Crippen molar-refractivity contribution in [2.24, 2.45) is 0 Å². The Bertz CT molecular complexity index is 350. The highest BCUT2D eigenvalue weighted by atomic mass is 35.6. The second-order valence-corrected chi connectivity index (χ2v) is 5.86. The molecular formula is C6H7Cl3N4OS. The molecule has 1 rings (SSSR count). The number of carbonyl (C=O) groups is 1. The summed E-state index contributed by atoms with van der Waals surface area (Å²) in [5, 5.41) is 9.14. The lowest BCUT2D eigenvalue weighted by Crippen LogP contribution is -2.27. The Morgan fingerprint density at radius 1 is 1.60 bits per heavy atom. The summed E-state index contributed by atoms with van der Waals surface area (Å²) in [6.45, 7) is 1.96. The number of hydrogen-bond donors (Lipinski definition) is 2. The van der Waals surface area contributed by atoms with Gasteiger partial charge in [-0.3, -0.25) is 10.1 Å². The van der Waals surface area contributed by atoms with Crippen molar-refractivity contribution in [2.75, 3.05) is 11.1 Å². The van der Waals surface area contributed by atoms with E-state index >= 15 is 0 Å². The number of aromatic amines is 1. The van der Waals surface area contributed by atoms with E-state index in [1.807, 2.05) is 6.92 Å². The summed E-state index contributed by atoms with van der Waals surface area (Å²) in [5.41, 5.74) is 0. The number of aromatic nitrogens is 3. The van der Waals surface area contributed by atoms with E-state index in [-0.39, 0.29) is 5.95 Å². The molecule has 0 saturated carbocycles. The fraction of sp³-hybridized carbons (Fsp3) is 0.500. The molecule has 1 heterocycles. The van der Waals surface area contributed by atoms with Crippen molar-refractivity contribution in [3.63, 3.8) is 0 Å². The predicted molar refractivity (Wildman–Crippen MR) is 61.7 cm³/mol. The van der Waals surface area contributed by atoms with Gasteiger partial charge in [0.25, 0.3) is 9.70 Å². The quantitative estimate of drug-likeness (QED) is 0.661. The van der Waals surface area contributed by atoms with Crippen LogP contribution in [-0.4, -0.2) is 30.6 Å². The minimum atomic E-state index is -2.01. The van der Waals surface area contributed by atoms with Gasteiger partial charge in [-0.15, -0.1) is 5.10 Å². The first-order chi connectivity index (χ1) is 6.93. The molecule has 84 valence electrons. The van der Waals surface area contributed by atoms with E-state index in [9.17, 15) is 4.79 Å². The third-order valence-corrected chi connectivity index (χ3v) is 2.47. The molecule has 0 atom stereocenters. The second kappa shape index (κ2) is 5.25. The number of carbonyl (C=O) groups excluding carboxylic acids is 1. The van der Waals surface area contributed by atoms with Gasteiger partial charge >= 0.3 is 0 Å². The summed E-state index contributed by atoms with van der Waals surface area (Å²) in [6, 6.07) is 0. The Hall–Kier alpha value is -0.170. The predicted octanol–water partition coefficient (Wildman–Crippen LogP) is 2.23. The number of nitrogens with one attached hydrogen (secondary N) is 2. The van der Waals surface area contributed by atoms with Crippen molar-refractivity contribution in [1.82, 2.24) is 15.2 Å². The Balaban J connectivity index is 2.61. The number of rotatable bonds is 3. The van der Waals surface area contributed by atoms with Crippen LogP contribution in [0.2, 0.25) is 0 Å². The molecule has 0 saturated heterocycles. The summed E-state index contributed by atoms with van der Waals surface area (Å²) in [7, 11) is 0. The van der Waals surface area contributed by atoms with Gasteiger partial charge in [0.1, 0.15) is 0 Å². The summed E-state index contributed by atoms with van der Waals surface area (Å²) in [5.74, 6) is 0.203. The largest absolute Gasteiger partial charge is 0.291 e. The van der Waals surface area contributed by atoms with E-state index in [2.05, 4.69) is 20.5 Å². The van der Waals surface area contributed by atoms with Gasteiger partial charge in [-0.1, -0.05) is 53.5 Å². The van der Waals surface area contributed by atoms with E-state index in [0.717, 1.165) is 5.75 Å². The van der Waals surface area contributed by atoms with Gasteiger partial charge in [0.05, 0.1) is 0 Å². The number of hydrogen-bond acceptors (Lipinski definition) is 4. The normalized spacial score (nSPS) is 11.5. The van der Waals surface area contributed by atoms with E-state index in [1.54, 1.807) is 0 Å². The molecule has 0 fully saturated rings. The van der Waals surface area contributed by atoms with E-state index in [1.165, 1.54) is 11.8 Å². The van der Waals surface area contributed by atoms with Crippen LogP contribution in [0.3, 0.4) is 0 Å². The lowest BCUT2D eigenvalue weighted by molar-refractivity contribution is -0.115. The minimum Gasteiger partial charge on any atom is -0.291 e. The summed E-state index contributed by atoms with van der Waals surface area (Å²) >= 11 is 17.5. The molecule has 0 aromatic carbocycles. The first-order valence-corrected chi connectivity index (χ1v) is 5.98. The standard InChI is InChI=1S/C6H7Cl3N4OS/c1-2-15-5-11-4(12-13-5)10-3(14)6(7,8)9/h2H2,1H3,(H2,10,11,12,13,14). The third kappa shape index (κ3) is 4.06. The van der Waals surface area contributed by atoms with Crippen molar-refractivity contribution in [2.45, 2.75) is 15.9 Å². The number of H-pyrrole nitrogens is 1. The molecule has 0 aliphatic carbocycles. The SMILES string of the molecule is CCSc1n[nH]c(NC(=O)C(Cl)(Cl)Cl)n1. The first kappa shape index (κ1) is 12.9. The van der Waals surface area contributed by atoms with Crippen molar-refractivity contribution in [3.8, 4) is 0 Å². The molecule has 0 radical (unpaired) electrons. The van der Waals surface area contributed by atoms with Crippen LogP contribution in [0.25, 0.3) is 0 Å². The van der Waals surface area contributed by atoms with Crippen molar-refractivity contribution in [3.05, 3.63) is 0 Å². The van der Waals surface area contributed by atoms with Crippen LogP contribution in [0, 0.1) is 0 Å². The maximum Gasteiger partial charge on any atom is 0.278 e. The molecular weight excluding hydrogens is 283 g/mol. The molecule has 0 bridgehead atoms. The number of amides is 1. The number of anilines is 1. The van der Waals surface area contributed by atoms with Crippen LogP contribution < -0.4 is 5.32 Å². The summed E-state index contributed by atoms with van der Waals surface area (Å²) < 4.78 is -2.01. The molecule has 0 aliphatic heterocycles. The Morgan fingerprint density at radius 3 is 2.80 bits per heavy atom. The third-order valence-electron chi connectivity index (χ3n) is 1.23. The number of nitrogens with zero attached hydrogens (tertiary/aromatic N) is 2. The Labute approximate surface area is 105 Å². The molecule has 2 N–H and O–H groups in total. The zero-order chi connectivity index (χ0) is 11.5. The van der Waals surface area contributed by atoms with Gasteiger partial charge in [-0.2, -0.15) is 4.98 Å². The molecule has 15 heavy (non-hydrogen) atoms. The van der Waals surface area contributed by atoms with Crippen molar-refractivity contribution >= 4 is 58.4 Å². The smallest absolute Gasteiger partial charge is 0.278 e. The molecule has 1 amide bonds. The molecule has 1 aromatic heterocycles. The Kier molecular flexibility index (Phi) is 4.51. The van der Waals surface area contributed by atoms with Gasteiger partial charge in [0, 0.05) is 0 Å². The zero-order valence-electron chi connectivity index (χ0n) is 7.55. The molecule has 9 heteroatoms. The highest BCUT2D eigenvalue weighted by Crippen LogP contribution is 2.27. The van der Waals surface area contributed by atoms with Gasteiger partial charge in [0.15, 0.2) is 0 Å². The van der Waals surface area contributed by atoms with Gasteiger partial charge < -0.3 is 0 Å². The topological polar surface area (TPSA) is 70.7 Å². The highest BCUT2D eigenvalue weighted by Gasteiger charge is 2.31.